The van der Waals surface area contributed by atoms with Gasteiger partial charge in [0.1, 0.15) is 0 Å². The molecule has 0 heterocycles. The van der Waals surface area contributed by atoms with E-state index in [1.807, 2.05) is 6.07 Å². The number of nitrogens with one attached hydrogen (secondary N) is 1. The Bertz CT molecular complexity index is 481. The first-order chi connectivity index (χ1) is 8.79. The Morgan fingerprint density at radius 2 is 1.67 bits per heavy atom. The summed E-state index contributed by atoms with van der Waals surface area (Å²) in [6, 6.07) is 19.4. The maximum atomic E-state index is 3.60. The van der Waals surface area contributed by atoms with E-state index >= 15 is 0 Å². The molecule has 0 spiro atoms. The van der Waals surface area contributed by atoms with Gasteiger partial charge in [-0.15, -0.1) is 0 Å². The summed E-state index contributed by atoms with van der Waals surface area (Å²) in [7, 11) is 0. The molecule has 0 radical (unpaired) electrons. The van der Waals surface area contributed by atoms with Gasteiger partial charge in [-0.25, -0.2) is 0 Å². The zero-order chi connectivity index (χ0) is 12.8. The molecule has 0 aliphatic rings. The number of halogens is 1. The van der Waals surface area contributed by atoms with Crippen molar-refractivity contribution in [3.8, 4) is 0 Å². The highest BCUT2D eigenvalue weighted by molar-refractivity contribution is 9.10. The average Bonchev–Trinajstić information content (AvgIpc) is 2.41. The van der Waals surface area contributed by atoms with Gasteiger partial charge in [-0.05, 0) is 46.5 Å². The first kappa shape index (κ1) is 13.2. The lowest BCUT2D eigenvalue weighted by molar-refractivity contribution is 0.690. The Balaban J connectivity index is 2.04. The highest BCUT2D eigenvalue weighted by atomic mass is 79.9. The first-order valence-electron chi connectivity index (χ1n) is 6.34. The summed E-state index contributed by atoms with van der Waals surface area (Å²) in [6.07, 6.45) is 2.16. The summed E-state index contributed by atoms with van der Waals surface area (Å²) >= 11 is 3.58. The molecule has 1 unspecified atom stereocenters. The molecular weight excluding hydrogens is 286 g/mol. The number of hydrogen-bond acceptors (Lipinski definition) is 1. The predicted octanol–water partition coefficient (Wildman–Crippen LogP) is 4.88. The van der Waals surface area contributed by atoms with E-state index in [-0.39, 0.29) is 0 Å². The summed E-state index contributed by atoms with van der Waals surface area (Å²) in [4.78, 5) is 0. The van der Waals surface area contributed by atoms with Gasteiger partial charge in [0, 0.05) is 16.2 Å². The van der Waals surface area contributed by atoms with Crippen LogP contribution in [0.25, 0.3) is 0 Å². The minimum absolute atomic E-state index is 0.464. The molecular formula is C16H18BrN. The Labute approximate surface area is 117 Å². The first-order valence-corrected chi connectivity index (χ1v) is 7.14. The van der Waals surface area contributed by atoms with E-state index in [1.165, 1.54) is 11.3 Å². The number of para-hydroxylation sites is 1. The highest BCUT2D eigenvalue weighted by Crippen LogP contribution is 2.23. The second kappa shape index (κ2) is 6.60. The quantitative estimate of drug-likeness (QED) is 0.830. The molecule has 0 aliphatic heterocycles. The van der Waals surface area contributed by atoms with Crippen LogP contribution in [0.15, 0.2) is 59.1 Å². The highest BCUT2D eigenvalue weighted by Gasteiger charge is 2.08. The topological polar surface area (TPSA) is 12.0 Å². The van der Waals surface area contributed by atoms with Crippen molar-refractivity contribution < 1.29 is 0 Å². The number of hydrogen-bond donors (Lipinski definition) is 1. The van der Waals surface area contributed by atoms with Gasteiger partial charge in [-0.2, -0.15) is 0 Å². The van der Waals surface area contributed by atoms with Crippen molar-refractivity contribution in [2.45, 2.75) is 25.8 Å². The summed E-state index contributed by atoms with van der Waals surface area (Å²) in [5.74, 6) is 0. The van der Waals surface area contributed by atoms with Crippen molar-refractivity contribution in [3.63, 3.8) is 0 Å². The summed E-state index contributed by atoms with van der Waals surface area (Å²) in [5, 5.41) is 3.60. The monoisotopic (exact) mass is 303 g/mol. The molecule has 0 aromatic heterocycles. The van der Waals surface area contributed by atoms with E-state index < -0.39 is 0 Å². The Morgan fingerprint density at radius 1 is 1.00 bits per heavy atom. The zero-order valence-corrected chi connectivity index (χ0v) is 12.2. The predicted molar refractivity (Wildman–Crippen MR) is 82.0 cm³/mol. The van der Waals surface area contributed by atoms with Crippen LogP contribution in [0.3, 0.4) is 0 Å². The molecule has 0 aliphatic carbocycles. The molecule has 0 saturated heterocycles. The molecule has 2 aromatic carbocycles. The van der Waals surface area contributed by atoms with Crippen molar-refractivity contribution in [1.29, 1.82) is 0 Å². The SMILES string of the molecule is CCC(Cc1ccccc1)Nc1ccccc1Br. The smallest absolute Gasteiger partial charge is 0.0486 e. The fourth-order valence-corrected chi connectivity index (χ4v) is 2.39. The molecule has 1 nitrogen and oxygen atoms in total. The third kappa shape index (κ3) is 3.61. The molecule has 2 rings (SSSR count). The lowest BCUT2D eigenvalue weighted by Gasteiger charge is -2.19. The molecule has 2 aromatic rings. The number of benzene rings is 2. The fraction of sp³-hybridized carbons (Fsp3) is 0.250. The number of anilines is 1. The van der Waals surface area contributed by atoms with Gasteiger partial charge in [0.2, 0.25) is 0 Å². The van der Waals surface area contributed by atoms with Gasteiger partial charge in [-0.1, -0.05) is 49.4 Å². The molecule has 0 fully saturated rings. The van der Waals surface area contributed by atoms with Crippen LogP contribution >= 0.6 is 15.9 Å². The van der Waals surface area contributed by atoms with Gasteiger partial charge in [-0.3, -0.25) is 0 Å². The zero-order valence-electron chi connectivity index (χ0n) is 10.6. The van der Waals surface area contributed by atoms with E-state index in [0.717, 1.165) is 17.3 Å². The Morgan fingerprint density at radius 3 is 2.33 bits per heavy atom. The normalized spacial score (nSPS) is 12.1. The van der Waals surface area contributed by atoms with Gasteiger partial charge < -0.3 is 5.32 Å². The molecule has 0 amide bonds. The lowest BCUT2D eigenvalue weighted by Crippen LogP contribution is -2.21. The van der Waals surface area contributed by atoms with Crippen LogP contribution in [0.5, 0.6) is 0 Å². The molecule has 18 heavy (non-hydrogen) atoms. The molecule has 2 heteroatoms. The molecule has 0 saturated carbocycles. The molecule has 1 N–H and O–H groups in total. The summed E-state index contributed by atoms with van der Waals surface area (Å²) in [6.45, 7) is 2.22. The third-order valence-electron chi connectivity index (χ3n) is 3.05. The van der Waals surface area contributed by atoms with Crippen LogP contribution < -0.4 is 5.32 Å². The largest absolute Gasteiger partial charge is 0.381 e. The van der Waals surface area contributed by atoms with Gasteiger partial charge in [0.25, 0.3) is 0 Å². The van der Waals surface area contributed by atoms with Crippen LogP contribution in [0.4, 0.5) is 5.69 Å². The minimum atomic E-state index is 0.464. The maximum Gasteiger partial charge on any atom is 0.0486 e. The van der Waals surface area contributed by atoms with Gasteiger partial charge >= 0.3 is 0 Å². The second-order valence-electron chi connectivity index (χ2n) is 4.42. The van der Waals surface area contributed by atoms with Crippen LogP contribution in [-0.2, 0) is 6.42 Å². The van der Waals surface area contributed by atoms with Crippen molar-refractivity contribution in [2.24, 2.45) is 0 Å². The summed E-state index contributed by atoms with van der Waals surface area (Å²) in [5.41, 5.74) is 2.55. The third-order valence-corrected chi connectivity index (χ3v) is 3.74. The van der Waals surface area contributed by atoms with Crippen molar-refractivity contribution in [2.75, 3.05) is 5.32 Å². The summed E-state index contributed by atoms with van der Waals surface area (Å²) < 4.78 is 1.12. The molecule has 94 valence electrons. The lowest BCUT2D eigenvalue weighted by atomic mass is 10.0. The van der Waals surface area contributed by atoms with Crippen LogP contribution in [0.2, 0.25) is 0 Å². The van der Waals surface area contributed by atoms with E-state index in [2.05, 4.69) is 76.7 Å². The van der Waals surface area contributed by atoms with E-state index in [1.54, 1.807) is 0 Å². The Kier molecular flexibility index (Phi) is 4.82. The van der Waals surface area contributed by atoms with E-state index in [4.69, 9.17) is 0 Å². The van der Waals surface area contributed by atoms with Crippen LogP contribution in [-0.4, -0.2) is 6.04 Å². The van der Waals surface area contributed by atoms with Gasteiger partial charge in [0.15, 0.2) is 0 Å². The van der Waals surface area contributed by atoms with E-state index in [0.29, 0.717) is 6.04 Å². The number of rotatable bonds is 5. The van der Waals surface area contributed by atoms with Crippen molar-refractivity contribution >= 4 is 21.6 Å². The maximum absolute atomic E-state index is 3.60. The van der Waals surface area contributed by atoms with Gasteiger partial charge in [0.05, 0.1) is 0 Å². The second-order valence-corrected chi connectivity index (χ2v) is 5.27. The fourth-order valence-electron chi connectivity index (χ4n) is 1.99. The van der Waals surface area contributed by atoms with Crippen LogP contribution in [0, 0.1) is 0 Å². The van der Waals surface area contributed by atoms with Crippen molar-refractivity contribution in [3.05, 3.63) is 64.6 Å². The minimum Gasteiger partial charge on any atom is -0.381 e. The van der Waals surface area contributed by atoms with Crippen LogP contribution in [0.1, 0.15) is 18.9 Å². The standard InChI is InChI=1S/C16H18BrN/c1-2-14(12-13-8-4-3-5-9-13)18-16-11-7-6-10-15(16)17/h3-11,14,18H,2,12H2,1H3. The molecule has 1 atom stereocenters. The average molecular weight is 304 g/mol. The van der Waals surface area contributed by atoms with E-state index in [9.17, 15) is 0 Å². The Hall–Kier alpha value is -1.28. The molecule has 0 bridgehead atoms. The van der Waals surface area contributed by atoms with Crippen molar-refractivity contribution in [1.82, 2.24) is 0 Å².